The Morgan fingerprint density at radius 2 is 1.74 bits per heavy atom. The van der Waals surface area contributed by atoms with Crippen molar-refractivity contribution in [3.8, 4) is 5.75 Å². The van der Waals surface area contributed by atoms with Crippen LogP contribution in [0.5, 0.6) is 5.75 Å². The van der Waals surface area contributed by atoms with E-state index >= 15 is 0 Å². The van der Waals surface area contributed by atoms with Crippen LogP contribution in [0.3, 0.4) is 0 Å². The van der Waals surface area contributed by atoms with E-state index < -0.39 is 6.04 Å². The number of amides is 2. The number of hydrogen-bond acceptors (Lipinski definition) is 3. The molecule has 0 unspecified atom stereocenters. The minimum absolute atomic E-state index is 0.00615. The lowest BCUT2D eigenvalue weighted by molar-refractivity contribution is -0.143. The summed E-state index contributed by atoms with van der Waals surface area (Å²) in [7, 11) is 0. The van der Waals surface area contributed by atoms with E-state index in [0.717, 1.165) is 27.8 Å². The number of rotatable bonds is 9. The van der Waals surface area contributed by atoms with Gasteiger partial charge in [0.25, 0.3) is 5.91 Å². The molecule has 0 aromatic heterocycles. The highest BCUT2D eigenvalue weighted by Crippen LogP contribution is 2.23. The number of nitrogens with zero attached hydrogens (tertiary/aromatic N) is 1. The fourth-order valence-corrected chi connectivity index (χ4v) is 3.68. The lowest BCUT2D eigenvalue weighted by atomic mass is 10.1. The summed E-state index contributed by atoms with van der Waals surface area (Å²) in [6, 6.07) is 11.5. The van der Waals surface area contributed by atoms with Crippen molar-refractivity contribution < 1.29 is 14.3 Å². The summed E-state index contributed by atoms with van der Waals surface area (Å²) in [5.41, 5.74) is 5.35. The Hall–Kier alpha value is -2.82. The summed E-state index contributed by atoms with van der Waals surface area (Å²) < 4.78 is 5.94. The molecule has 1 atom stereocenters. The number of hydrogen-bond donors (Lipinski definition) is 1. The van der Waals surface area contributed by atoms with Gasteiger partial charge < -0.3 is 15.0 Å². The first-order valence-electron chi connectivity index (χ1n) is 11.0. The molecule has 31 heavy (non-hydrogen) atoms. The van der Waals surface area contributed by atoms with Crippen LogP contribution in [0, 0.1) is 27.7 Å². The summed E-state index contributed by atoms with van der Waals surface area (Å²) in [6.45, 7) is 14.1. The normalized spacial score (nSPS) is 11.9. The van der Waals surface area contributed by atoms with Gasteiger partial charge in [-0.3, -0.25) is 9.59 Å². The molecule has 5 nitrogen and oxygen atoms in total. The quantitative estimate of drug-likeness (QED) is 0.638. The van der Waals surface area contributed by atoms with Gasteiger partial charge in [-0.05, 0) is 76.3 Å². The van der Waals surface area contributed by atoms with Crippen LogP contribution in [-0.2, 0) is 16.1 Å². The van der Waals surface area contributed by atoms with Crippen molar-refractivity contribution in [2.75, 3.05) is 6.61 Å². The van der Waals surface area contributed by atoms with Gasteiger partial charge in [0.1, 0.15) is 11.8 Å². The van der Waals surface area contributed by atoms with Gasteiger partial charge in [-0.1, -0.05) is 42.8 Å². The number of aryl methyl sites for hydroxylation is 3. The van der Waals surface area contributed by atoms with Gasteiger partial charge in [-0.2, -0.15) is 0 Å². The molecule has 0 aliphatic heterocycles. The van der Waals surface area contributed by atoms with Gasteiger partial charge in [0, 0.05) is 12.6 Å². The van der Waals surface area contributed by atoms with Gasteiger partial charge in [0.05, 0.1) is 0 Å². The van der Waals surface area contributed by atoms with Gasteiger partial charge in [0.2, 0.25) is 5.91 Å². The van der Waals surface area contributed by atoms with Crippen molar-refractivity contribution in [1.82, 2.24) is 10.2 Å². The molecule has 0 heterocycles. The predicted octanol–water partition coefficient (Wildman–Crippen LogP) is 4.63. The van der Waals surface area contributed by atoms with E-state index in [1.54, 1.807) is 4.90 Å². The highest BCUT2D eigenvalue weighted by Gasteiger charge is 2.29. The van der Waals surface area contributed by atoms with Crippen LogP contribution in [0.1, 0.15) is 55.0 Å². The smallest absolute Gasteiger partial charge is 0.261 e. The average Bonchev–Trinajstić information content (AvgIpc) is 2.68. The minimum Gasteiger partial charge on any atom is -0.483 e. The number of nitrogens with one attached hydrogen (secondary N) is 1. The molecule has 0 spiro atoms. The Kier molecular flexibility index (Phi) is 8.66. The lowest BCUT2D eigenvalue weighted by Crippen LogP contribution is -2.51. The molecule has 1 N–H and O–H groups in total. The molecule has 0 bridgehead atoms. The maximum Gasteiger partial charge on any atom is 0.261 e. The molecule has 0 fully saturated rings. The zero-order valence-electron chi connectivity index (χ0n) is 19.9. The van der Waals surface area contributed by atoms with E-state index in [0.29, 0.717) is 18.7 Å². The Balaban J connectivity index is 2.27. The SMILES string of the molecule is CC[C@H](C(=O)NC(C)C)N(Cc1cccc(C)c1)C(=O)COc1cc(C)cc(C)c1C. The summed E-state index contributed by atoms with van der Waals surface area (Å²) >= 11 is 0. The highest BCUT2D eigenvalue weighted by molar-refractivity contribution is 5.88. The van der Waals surface area contributed by atoms with E-state index in [4.69, 9.17) is 4.74 Å². The highest BCUT2D eigenvalue weighted by atomic mass is 16.5. The number of carbonyl (C=O) groups is 2. The van der Waals surface area contributed by atoms with Crippen LogP contribution in [-0.4, -0.2) is 35.4 Å². The van der Waals surface area contributed by atoms with Crippen molar-refractivity contribution in [2.45, 2.75) is 73.5 Å². The first-order chi connectivity index (χ1) is 14.6. The Bertz CT molecular complexity index is 921. The monoisotopic (exact) mass is 424 g/mol. The predicted molar refractivity (Wildman–Crippen MR) is 125 cm³/mol. The minimum atomic E-state index is -0.556. The van der Waals surface area contributed by atoms with Crippen molar-refractivity contribution >= 4 is 11.8 Å². The number of carbonyl (C=O) groups excluding carboxylic acids is 2. The third-order valence-electron chi connectivity index (χ3n) is 5.37. The summed E-state index contributed by atoms with van der Waals surface area (Å²) in [4.78, 5) is 27.8. The Morgan fingerprint density at radius 3 is 2.35 bits per heavy atom. The molecule has 0 aliphatic carbocycles. The van der Waals surface area contributed by atoms with Gasteiger partial charge in [0.15, 0.2) is 6.61 Å². The third-order valence-corrected chi connectivity index (χ3v) is 5.37. The molecule has 0 saturated heterocycles. The van der Waals surface area contributed by atoms with E-state index in [1.165, 1.54) is 0 Å². The molecular weight excluding hydrogens is 388 g/mol. The average molecular weight is 425 g/mol. The van der Waals surface area contributed by atoms with Crippen molar-refractivity contribution in [1.29, 1.82) is 0 Å². The van der Waals surface area contributed by atoms with E-state index in [-0.39, 0.29) is 24.5 Å². The van der Waals surface area contributed by atoms with Crippen LogP contribution < -0.4 is 10.1 Å². The van der Waals surface area contributed by atoms with Crippen LogP contribution in [0.4, 0.5) is 0 Å². The largest absolute Gasteiger partial charge is 0.483 e. The topological polar surface area (TPSA) is 58.6 Å². The molecule has 0 aliphatic rings. The van der Waals surface area contributed by atoms with E-state index in [1.807, 2.05) is 78.8 Å². The summed E-state index contributed by atoms with van der Waals surface area (Å²) in [5, 5.41) is 2.95. The fraction of sp³-hybridized carbons (Fsp3) is 0.462. The second kappa shape index (κ2) is 11.0. The van der Waals surface area contributed by atoms with Crippen LogP contribution in [0.15, 0.2) is 36.4 Å². The lowest BCUT2D eigenvalue weighted by Gasteiger charge is -2.31. The molecule has 0 saturated carbocycles. The molecule has 2 aromatic carbocycles. The molecule has 168 valence electrons. The second-order valence-corrected chi connectivity index (χ2v) is 8.59. The van der Waals surface area contributed by atoms with Gasteiger partial charge >= 0.3 is 0 Å². The number of benzene rings is 2. The standard InChI is InChI=1S/C26H36N2O3/c1-8-23(26(30)27-17(2)3)28(15-22-11-9-10-18(4)13-22)25(29)16-31-24-14-19(5)12-20(6)21(24)7/h9-14,17,23H,8,15-16H2,1-7H3,(H,27,30)/t23-/m1/s1. The Labute approximate surface area is 186 Å². The fourth-order valence-electron chi connectivity index (χ4n) is 3.68. The van der Waals surface area contributed by atoms with E-state index in [9.17, 15) is 9.59 Å². The molecular formula is C26H36N2O3. The molecule has 2 amide bonds. The van der Waals surface area contributed by atoms with Crippen LogP contribution in [0.2, 0.25) is 0 Å². The van der Waals surface area contributed by atoms with Crippen molar-refractivity contribution in [3.63, 3.8) is 0 Å². The molecule has 2 rings (SSSR count). The zero-order valence-corrected chi connectivity index (χ0v) is 19.9. The maximum atomic E-state index is 13.3. The van der Waals surface area contributed by atoms with Crippen molar-refractivity contribution in [2.24, 2.45) is 0 Å². The van der Waals surface area contributed by atoms with Gasteiger partial charge in [-0.15, -0.1) is 0 Å². The first-order valence-corrected chi connectivity index (χ1v) is 11.0. The van der Waals surface area contributed by atoms with Crippen LogP contribution >= 0.6 is 0 Å². The van der Waals surface area contributed by atoms with Crippen molar-refractivity contribution in [3.05, 3.63) is 64.2 Å². The molecule has 2 aromatic rings. The zero-order chi connectivity index (χ0) is 23.1. The summed E-state index contributed by atoms with van der Waals surface area (Å²) in [5.74, 6) is 0.368. The first kappa shape index (κ1) is 24.4. The van der Waals surface area contributed by atoms with Gasteiger partial charge in [-0.25, -0.2) is 0 Å². The second-order valence-electron chi connectivity index (χ2n) is 8.59. The van der Waals surface area contributed by atoms with E-state index in [2.05, 4.69) is 11.4 Å². The Morgan fingerprint density at radius 1 is 1.03 bits per heavy atom. The maximum absolute atomic E-state index is 13.3. The summed E-state index contributed by atoms with van der Waals surface area (Å²) in [6.07, 6.45) is 0.526. The van der Waals surface area contributed by atoms with Crippen LogP contribution in [0.25, 0.3) is 0 Å². The third kappa shape index (κ3) is 6.84. The number of ether oxygens (including phenoxy) is 1. The molecule has 0 radical (unpaired) electrons. The molecule has 5 heteroatoms.